The van der Waals surface area contributed by atoms with E-state index in [4.69, 9.17) is 28.8 Å². The van der Waals surface area contributed by atoms with Gasteiger partial charge in [-0.05, 0) is 111 Å². The summed E-state index contributed by atoms with van der Waals surface area (Å²) in [6.07, 6.45) is 0. The SMILES string of the molecule is c1ccc(-c2ccc(-c3nc(-c4ccccc4)nc4c3oc3cccc(-c5cccc(-n6c7ccccc7c7ccccc76)c5)c34)cc2)cc1.c1ccc(-c2ccc3c(c2)c2ccccc2n3-c2cccc(-c3cccc4oc5c(-c6ccccc6)nc(-c6ccccc6)nc5c34)c2)cc1. The Labute approximate surface area is 575 Å². The molecule has 0 radical (unpaired) electrons. The Morgan fingerprint density at radius 3 is 1.01 bits per heavy atom. The molecule has 100 heavy (non-hydrogen) atoms. The molecule has 6 aromatic heterocycles. The first-order chi connectivity index (χ1) is 49.6. The average Bonchev–Trinajstić information content (AvgIpc) is 1.57. The molecular formula is C92H58N6O2. The summed E-state index contributed by atoms with van der Waals surface area (Å²) in [5.41, 5.74) is 25.9. The van der Waals surface area contributed by atoms with Crippen LogP contribution in [0.25, 0.3) is 189 Å². The first kappa shape index (κ1) is 57.9. The zero-order chi connectivity index (χ0) is 66.0. The highest BCUT2D eigenvalue weighted by atomic mass is 16.3. The Morgan fingerprint density at radius 1 is 0.220 bits per heavy atom. The fourth-order valence-electron chi connectivity index (χ4n) is 14.6. The predicted octanol–water partition coefficient (Wildman–Crippen LogP) is 24.3. The van der Waals surface area contributed by atoms with Gasteiger partial charge in [0.05, 0.1) is 32.8 Å². The molecule has 0 unspecified atom stereocenters. The maximum absolute atomic E-state index is 6.69. The van der Waals surface area contributed by atoms with Gasteiger partial charge in [-0.2, -0.15) is 0 Å². The molecule has 0 aliphatic heterocycles. The van der Waals surface area contributed by atoms with E-state index in [0.717, 1.165) is 106 Å². The van der Waals surface area contributed by atoms with Crippen molar-refractivity contribution in [1.82, 2.24) is 29.1 Å². The van der Waals surface area contributed by atoms with Gasteiger partial charge in [0.2, 0.25) is 0 Å². The van der Waals surface area contributed by atoms with Crippen LogP contribution in [-0.2, 0) is 0 Å². The zero-order valence-electron chi connectivity index (χ0n) is 54.0. The van der Waals surface area contributed by atoms with Crippen molar-refractivity contribution in [2.24, 2.45) is 0 Å². The van der Waals surface area contributed by atoms with Gasteiger partial charge in [0, 0.05) is 55.2 Å². The lowest BCUT2D eigenvalue weighted by molar-refractivity contribution is 0.667. The second-order valence-corrected chi connectivity index (χ2v) is 25.2. The van der Waals surface area contributed by atoms with E-state index in [1.54, 1.807) is 0 Å². The summed E-state index contributed by atoms with van der Waals surface area (Å²) in [6, 6.07) is 123. The first-order valence-corrected chi connectivity index (χ1v) is 33.7. The van der Waals surface area contributed by atoms with Gasteiger partial charge < -0.3 is 18.0 Å². The molecule has 0 saturated heterocycles. The van der Waals surface area contributed by atoms with E-state index >= 15 is 0 Å². The van der Waals surface area contributed by atoms with Gasteiger partial charge in [0.15, 0.2) is 22.8 Å². The highest BCUT2D eigenvalue weighted by molar-refractivity contribution is 6.16. The number of furan rings is 2. The van der Waals surface area contributed by atoms with Gasteiger partial charge >= 0.3 is 0 Å². The van der Waals surface area contributed by atoms with Gasteiger partial charge in [0.25, 0.3) is 0 Å². The van der Waals surface area contributed by atoms with Crippen molar-refractivity contribution in [2.45, 2.75) is 0 Å². The molecule has 20 aromatic rings. The van der Waals surface area contributed by atoms with Gasteiger partial charge in [-0.15, -0.1) is 0 Å². The van der Waals surface area contributed by atoms with Crippen molar-refractivity contribution in [3.05, 3.63) is 352 Å². The summed E-state index contributed by atoms with van der Waals surface area (Å²) in [6.45, 7) is 0. The Balaban J connectivity index is 0.000000139. The second kappa shape index (κ2) is 24.3. The number of para-hydroxylation sites is 3. The van der Waals surface area contributed by atoms with Crippen molar-refractivity contribution in [1.29, 1.82) is 0 Å². The number of fused-ring (bicyclic) bond motifs is 12. The molecule has 0 fully saturated rings. The lowest BCUT2D eigenvalue weighted by atomic mass is 9.99. The van der Waals surface area contributed by atoms with E-state index in [2.05, 4.69) is 288 Å². The highest BCUT2D eigenvalue weighted by Crippen LogP contribution is 2.45. The zero-order valence-corrected chi connectivity index (χ0v) is 54.0. The third kappa shape index (κ3) is 10.0. The standard InChI is InChI=1S/2C46H29N3O/c1-4-14-30(15-5-1)33-26-27-40-38(29-33)37-22-10-11-24-39(37)49(40)35-21-12-20-34(28-35)36-23-13-25-41-42(36)44-45(50-41)43(31-16-6-2-7-17-31)47-46(48-44)32-18-8-3-9-19-32;1-3-13-30(14-4-1)31-25-27-32(28-26-31)43-45-44(48-46(47-43)33-15-5-2-6-16-33)42-36(21-12-24-41(42)50-45)34-17-11-18-35(29-34)49-39-22-9-7-19-37(39)38-20-8-10-23-40(38)49/h2*1-29H. The van der Waals surface area contributed by atoms with Crippen LogP contribution in [0.1, 0.15) is 0 Å². The maximum atomic E-state index is 6.69. The molecule has 0 N–H and O–H groups in total. The fourth-order valence-corrected chi connectivity index (χ4v) is 14.6. The van der Waals surface area contributed by atoms with E-state index in [-0.39, 0.29) is 0 Å². The van der Waals surface area contributed by atoms with Crippen molar-refractivity contribution < 1.29 is 8.83 Å². The first-order valence-electron chi connectivity index (χ1n) is 33.7. The van der Waals surface area contributed by atoms with E-state index in [1.807, 2.05) is 72.8 Å². The summed E-state index contributed by atoms with van der Waals surface area (Å²) >= 11 is 0. The number of aromatic nitrogens is 6. The van der Waals surface area contributed by atoms with Crippen LogP contribution in [0.2, 0.25) is 0 Å². The van der Waals surface area contributed by atoms with Crippen LogP contribution in [0, 0.1) is 0 Å². The third-order valence-corrected chi connectivity index (χ3v) is 19.2. The molecule has 0 spiro atoms. The normalized spacial score (nSPS) is 11.6. The van der Waals surface area contributed by atoms with Crippen molar-refractivity contribution in [3.63, 3.8) is 0 Å². The van der Waals surface area contributed by atoms with Crippen LogP contribution in [0.5, 0.6) is 0 Å². The van der Waals surface area contributed by atoms with Crippen LogP contribution in [0.4, 0.5) is 0 Å². The van der Waals surface area contributed by atoms with Gasteiger partial charge in [-0.1, -0.05) is 285 Å². The molecule has 0 amide bonds. The van der Waals surface area contributed by atoms with E-state index in [0.29, 0.717) is 22.8 Å². The Kier molecular flexibility index (Phi) is 14.0. The summed E-state index contributed by atoms with van der Waals surface area (Å²) in [4.78, 5) is 20.6. The van der Waals surface area contributed by atoms with E-state index in [1.165, 1.54) is 60.3 Å². The molecule has 0 bridgehead atoms. The molecule has 20 rings (SSSR count). The molecular weight excluding hydrogens is 1220 g/mol. The minimum atomic E-state index is 0.664. The van der Waals surface area contributed by atoms with Crippen LogP contribution < -0.4 is 0 Å². The Hall–Kier alpha value is -13.6. The molecule has 0 atom stereocenters. The molecule has 0 aliphatic rings. The number of rotatable bonds is 10. The van der Waals surface area contributed by atoms with Crippen molar-refractivity contribution >= 4 is 87.7 Å². The van der Waals surface area contributed by atoms with Crippen LogP contribution >= 0.6 is 0 Å². The van der Waals surface area contributed by atoms with E-state index in [9.17, 15) is 0 Å². The number of hydrogen-bond donors (Lipinski definition) is 0. The maximum Gasteiger partial charge on any atom is 0.180 e. The van der Waals surface area contributed by atoms with Crippen LogP contribution in [0.15, 0.2) is 361 Å². The lowest BCUT2D eigenvalue weighted by Gasteiger charge is -2.11. The topological polar surface area (TPSA) is 87.7 Å². The third-order valence-electron chi connectivity index (χ3n) is 19.2. The van der Waals surface area contributed by atoms with Gasteiger partial charge in [-0.3, -0.25) is 0 Å². The number of hydrogen-bond acceptors (Lipinski definition) is 6. The van der Waals surface area contributed by atoms with Crippen LogP contribution in [-0.4, -0.2) is 29.1 Å². The molecule has 0 aliphatic carbocycles. The minimum Gasteiger partial charge on any atom is -0.452 e. The van der Waals surface area contributed by atoms with Gasteiger partial charge in [0.1, 0.15) is 33.6 Å². The van der Waals surface area contributed by atoms with Gasteiger partial charge in [-0.25, -0.2) is 19.9 Å². The van der Waals surface area contributed by atoms with Crippen molar-refractivity contribution in [2.75, 3.05) is 0 Å². The fraction of sp³-hybridized carbons (Fsp3) is 0. The second-order valence-electron chi connectivity index (χ2n) is 25.2. The quantitative estimate of drug-likeness (QED) is 0.136. The number of nitrogens with zero attached hydrogens (tertiary/aromatic N) is 6. The molecule has 6 heterocycles. The van der Waals surface area contributed by atoms with E-state index < -0.39 is 0 Å². The Bertz CT molecular complexity index is 6440. The monoisotopic (exact) mass is 1280 g/mol. The van der Waals surface area contributed by atoms with Crippen molar-refractivity contribution in [3.8, 4) is 101 Å². The van der Waals surface area contributed by atoms with Crippen LogP contribution in [0.3, 0.4) is 0 Å². The largest absolute Gasteiger partial charge is 0.452 e. The molecule has 14 aromatic carbocycles. The predicted molar refractivity (Wildman–Crippen MR) is 411 cm³/mol. The average molecular weight is 1280 g/mol. The Morgan fingerprint density at radius 2 is 0.550 bits per heavy atom. The summed E-state index contributed by atoms with van der Waals surface area (Å²) in [5, 5.41) is 6.90. The highest BCUT2D eigenvalue weighted by Gasteiger charge is 2.25. The number of benzene rings is 14. The minimum absolute atomic E-state index is 0.664. The molecule has 0 saturated carbocycles. The smallest absolute Gasteiger partial charge is 0.180 e. The summed E-state index contributed by atoms with van der Waals surface area (Å²) in [5.74, 6) is 1.33. The molecule has 468 valence electrons. The molecule has 8 nitrogen and oxygen atoms in total. The summed E-state index contributed by atoms with van der Waals surface area (Å²) < 4.78 is 18.1. The molecule has 8 heteroatoms. The lowest BCUT2D eigenvalue weighted by Crippen LogP contribution is -1.95. The summed E-state index contributed by atoms with van der Waals surface area (Å²) in [7, 11) is 0.